The van der Waals surface area contributed by atoms with E-state index in [0.717, 1.165) is 42.3 Å². The fourth-order valence-electron chi connectivity index (χ4n) is 3.15. The molecule has 144 valence electrons. The SMILES string of the molecule is CCNC(=NCc1nc(C)c(C)s1)NCCN(C)C1CCCCC1.I. The van der Waals surface area contributed by atoms with Crippen molar-refractivity contribution in [3.63, 3.8) is 0 Å². The van der Waals surface area contributed by atoms with E-state index in [9.17, 15) is 0 Å². The summed E-state index contributed by atoms with van der Waals surface area (Å²) < 4.78 is 0. The van der Waals surface area contributed by atoms with Crippen molar-refractivity contribution < 1.29 is 0 Å². The molecule has 0 saturated heterocycles. The van der Waals surface area contributed by atoms with Crippen molar-refractivity contribution in [2.45, 2.75) is 65.5 Å². The summed E-state index contributed by atoms with van der Waals surface area (Å²) in [7, 11) is 2.25. The fourth-order valence-corrected chi connectivity index (χ4v) is 4.01. The Kier molecular flexibility index (Phi) is 10.9. The summed E-state index contributed by atoms with van der Waals surface area (Å²) in [5, 5.41) is 7.87. The normalized spacial score (nSPS) is 16.0. The molecule has 0 bridgehead atoms. The van der Waals surface area contributed by atoms with Crippen molar-refractivity contribution in [3.05, 3.63) is 15.6 Å². The molecule has 25 heavy (non-hydrogen) atoms. The van der Waals surface area contributed by atoms with Crippen LogP contribution >= 0.6 is 35.3 Å². The maximum atomic E-state index is 4.67. The second-order valence-electron chi connectivity index (χ2n) is 6.64. The zero-order valence-corrected chi connectivity index (χ0v) is 19.2. The van der Waals surface area contributed by atoms with Gasteiger partial charge in [0.05, 0.1) is 12.2 Å². The van der Waals surface area contributed by atoms with Gasteiger partial charge in [0.25, 0.3) is 0 Å². The summed E-state index contributed by atoms with van der Waals surface area (Å²) in [4.78, 5) is 13.0. The van der Waals surface area contributed by atoms with Crippen molar-refractivity contribution in [1.82, 2.24) is 20.5 Å². The molecule has 7 heteroatoms. The number of aryl methyl sites for hydroxylation is 2. The zero-order valence-electron chi connectivity index (χ0n) is 16.1. The van der Waals surface area contributed by atoms with Crippen molar-refractivity contribution in [3.8, 4) is 0 Å². The Labute approximate surface area is 174 Å². The van der Waals surface area contributed by atoms with E-state index in [0.29, 0.717) is 6.54 Å². The molecular formula is C18H34IN5S. The Morgan fingerprint density at radius 2 is 1.96 bits per heavy atom. The third-order valence-corrected chi connectivity index (χ3v) is 5.80. The number of nitrogens with zero attached hydrogens (tertiary/aromatic N) is 3. The molecule has 5 nitrogen and oxygen atoms in total. The molecule has 0 unspecified atom stereocenters. The molecule has 1 saturated carbocycles. The van der Waals surface area contributed by atoms with Crippen LogP contribution in [0.15, 0.2) is 4.99 Å². The van der Waals surface area contributed by atoms with Gasteiger partial charge in [-0.1, -0.05) is 19.3 Å². The summed E-state index contributed by atoms with van der Waals surface area (Å²) in [5.74, 6) is 0.889. The topological polar surface area (TPSA) is 52.6 Å². The van der Waals surface area contributed by atoms with E-state index >= 15 is 0 Å². The lowest BCUT2D eigenvalue weighted by Crippen LogP contribution is -2.43. The van der Waals surface area contributed by atoms with Gasteiger partial charge in [0, 0.05) is 30.6 Å². The monoisotopic (exact) mass is 479 g/mol. The minimum absolute atomic E-state index is 0. The maximum absolute atomic E-state index is 4.67. The first-order chi connectivity index (χ1) is 11.6. The minimum Gasteiger partial charge on any atom is -0.357 e. The fraction of sp³-hybridized carbons (Fsp3) is 0.778. The summed E-state index contributed by atoms with van der Waals surface area (Å²) in [6.07, 6.45) is 6.90. The van der Waals surface area contributed by atoms with Gasteiger partial charge < -0.3 is 15.5 Å². The molecule has 2 N–H and O–H groups in total. The van der Waals surface area contributed by atoms with Crippen LogP contribution in [0.1, 0.15) is 54.6 Å². The van der Waals surface area contributed by atoms with Gasteiger partial charge in [-0.25, -0.2) is 9.98 Å². The number of hydrogen-bond donors (Lipinski definition) is 2. The second-order valence-corrected chi connectivity index (χ2v) is 7.93. The zero-order chi connectivity index (χ0) is 17.4. The maximum Gasteiger partial charge on any atom is 0.191 e. The molecule has 1 aromatic heterocycles. The molecule has 1 heterocycles. The van der Waals surface area contributed by atoms with Gasteiger partial charge in [-0.05, 0) is 40.7 Å². The molecule has 0 radical (unpaired) electrons. The standard InChI is InChI=1S/C18H33N5S.HI/c1-5-19-18(21-13-17-22-14(2)15(3)24-17)20-11-12-23(4)16-9-7-6-8-10-16;/h16H,5-13H2,1-4H3,(H2,19,20,21);1H. The Morgan fingerprint density at radius 3 is 2.56 bits per heavy atom. The summed E-state index contributed by atoms with van der Waals surface area (Å²) in [6, 6.07) is 0.765. The number of guanidine groups is 1. The van der Waals surface area contributed by atoms with E-state index in [2.05, 4.69) is 53.3 Å². The Morgan fingerprint density at radius 1 is 1.24 bits per heavy atom. The molecule has 1 fully saturated rings. The number of halogens is 1. The van der Waals surface area contributed by atoms with Crippen molar-refractivity contribution in [1.29, 1.82) is 0 Å². The number of aromatic nitrogens is 1. The smallest absolute Gasteiger partial charge is 0.191 e. The molecule has 0 aromatic carbocycles. The van der Waals surface area contributed by atoms with E-state index in [4.69, 9.17) is 0 Å². The van der Waals surface area contributed by atoms with Crippen molar-refractivity contribution in [2.24, 2.45) is 4.99 Å². The molecule has 0 amide bonds. The highest BCUT2D eigenvalue weighted by molar-refractivity contribution is 14.0. The van der Waals surface area contributed by atoms with E-state index in [1.165, 1.54) is 37.0 Å². The highest BCUT2D eigenvalue weighted by Gasteiger charge is 2.17. The second kappa shape index (κ2) is 12.1. The van der Waals surface area contributed by atoms with E-state index in [-0.39, 0.29) is 24.0 Å². The molecule has 0 atom stereocenters. The van der Waals surface area contributed by atoms with Crippen LogP contribution < -0.4 is 10.6 Å². The number of rotatable bonds is 7. The molecule has 2 rings (SSSR count). The van der Waals surface area contributed by atoms with Gasteiger partial charge in [-0.2, -0.15) is 0 Å². The van der Waals surface area contributed by atoms with Crippen LogP contribution in [0.2, 0.25) is 0 Å². The van der Waals surface area contributed by atoms with Crippen LogP contribution in [0.25, 0.3) is 0 Å². The predicted molar refractivity (Wildman–Crippen MR) is 119 cm³/mol. The van der Waals surface area contributed by atoms with Crippen LogP contribution in [0.3, 0.4) is 0 Å². The molecule has 1 aliphatic carbocycles. The van der Waals surface area contributed by atoms with E-state index < -0.39 is 0 Å². The number of thiazole rings is 1. The number of likely N-dealkylation sites (N-methyl/N-ethyl adjacent to an activating group) is 1. The summed E-state index contributed by atoms with van der Waals surface area (Å²) >= 11 is 1.74. The predicted octanol–water partition coefficient (Wildman–Crippen LogP) is 3.70. The lowest BCUT2D eigenvalue weighted by Gasteiger charge is -2.31. The lowest BCUT2D eigenvalue weighted by molar-refractivity contribution is 0.194. The van der Waals surface area contributed by atoms with Crippen LogP contribution in [0.4, 0.5) is 0 Å². The van der Waals surface area contributed by atoms with Gasteiger partial charge in [-0.15, -0.1) is 35.3 Å². The molecular weight excluding hydrogens is 445 g/mol. The third kappa shape index (κ3) is 7.78. The van der Waals surface area contributed by atoms with Crippen LogP contribution in [0.5, 0.6) is 0 Å². The molecule has 0 spiro atoms. The van der Waals surface area contributed by atoms with Crippen molar-refractivity contribution in [2.75, 3.05) is 26.7 Å². The number of aliphatic imine (C=N–C) groups is 1. The van der Waals surface area contributed by atoms with Gasteiger partial charge in [-0.3, -0.25) is 0 Å². The Bertz CT molecular complexity index is 506. The molecule has 1 aliphatic rings. The number of nitrogens with one attached hydrogen (secondary N) is 2. The van der Waals surface area contributed by atoms with Gasteiger partial charge in [0.2, 0.25) is 0 Å². The Balaban J connectivity index is 0.00000312. The summed E-state index contributed by atoms with van der Waals surface area (Å²) in [5.41, 5.74) is 1.12. The van der Waals surface area contributed by atoms with E-state index in [1.54, 1.807) is 11.3 Å². The highest BCUT2D eigenvalue weighted by atomic mass is 127. The van der Waals surface area contributed by atoms with Crippen LogP contribution in [0, 0.1) is 13.8 Å². The van der Waals surface area contributed by atoms with Gasteiger partial charge in [0.15, 0.2) is 5.96 Å². The minimum atomic E-state index is 0. The summed E-state index contributed by atoms with van der Waals surface area (Å²) in [6.45, 7) is 9.78. The first kappa shape index (κ1) is 22.6. The average molecular weight is 479 g/mol. The van der Waals surface area contributed by atoms with Gasteiger partial charge >= 0.3 is 0 Å². The van der Waals surface area contributed by atoms with Gasteiger partial charge in [0.1, 0.15) is 5.01 Å². The largest absolute Gasteiger partial charge is 0.357 e. The Hall–Kier alpha value is -0.410. The lowest BCUT2D eigenvalue weighted by atomic mass is 9.94. The molecule has 0 aliphatic heterocycles. The van der Waals surface area contributed by atoms with Crippen molar-refractivity contribution >= 4 is 41.3 Å². The van der Waals surface area contributed by atoms with Crippen LogP contribution in [-0.4, -0.2) is 48.6 Å². The number of hydrogen-bond acceptors (Lipinski definition) is 4. The third-order valence-electron chi connectivity index (χ3n) is 4.74. The average Bonchev–Trinajstić information content (AvgIpc) is 2.91. The first-order valence-corrected chi connectivity index (χ1v) is 10.1. The van der Waals surface area contributed by atoms with E-state index in [1.807, 2.05) is 0 Å². The first-order valence-electron chi connectivity index (χ1n) is 9.25. The quantitative estimate of drug-likeness (QED) is 0.356. The molecule has 1 aromatic rings. The van der Waals surface area contributed by atoms with Crippen LogP contribution in [-0.2, 0) is 6.54 Å². The highest BCUT2D eigenvalue weighted by Crippen LogP contribution is 2.21.